The van der Waals surface area contributed by atoms with Crippen molar-refractivity contribution < 1.29 is 14.3 Å². The molecule has 0 unspecified atom stereocenters. The van der Waals surface area contributed by atoms with Gasteiger partial charge in [0.25, 0.3) is 0 Å². The van der Waals surface area contributed by atoms with Gasteiger partial charge in [-0.05, 0) is 38.7 Å². The summed E-state index contributed by atoms with van der Waals surface area (Å²) >= 11 is 0. The van der Waals surface area contributed by atoms with Crippen LogP contribution in [-0.4, -0.2) is 17.4 Å². The molecular formula is C18H28O3. The molecule has 118 valence electrons. The van der Waals surface area contributed by atoms with E-state index in [4.69, 9.17) is 4.74 Å². The third-order valence-corrected chi connectivity index (χ3v) is 5.50. The molecule has 2 rings (SSSR count). The number of allylic oxidation sites excluding steroid dienone is 1. The second kappa shape index (κ2) is 5.58. The van der Waals surface area contributed by atoms with Crippen molar-refractivity contribution in [3.8, 4) is 0 Å². The number of ether oxygens (including phenoxy) is 1. The van der Waals surface area contributed by atoms with E-state index in [1.165, 1.54) is 0 Å². The highest BCUT2D eigenvalue weighted by molar-refractivity contribution is 5.94. The number of carbonyl (C=O) groups is 2. The van der Waals surface area contributed by atoms with Gasteiger partial charge in [0.2, 0.25) is 0 Å². The van der Waals surface area contributed by atoms with E-state index in [-0.39, 0.29) is 22.6 Å². The fraction of sp³-hybridized carbons (Fsp3) is 0.778. The molecule has 0 spiro atoms. The molecular weight excluding hydrogens is 264 g/mol. The average molecular weight is 292 g/mol. The SMILES string of the molecule is CCCCC(C)(C)C(=O)C=C[C@@]12CCC[C@@]1(C)OC(=O)C2. The first kappa shape index (κ1) is 16.3. The van der Waals surface area contributed by atoms with Crippen LogP contribution in [0.5, 0.6) is 0 Å². The standard InChI is InChI=1S/C18H28O3/c1-5-6-9-16(2,3)14(19)8-12-18-11-7-10-17(18,4)21-15(20)13-18/h8,12H,5-7,9-11,13H2,1-4H3/t17-,18-/m1/s1. The van der Waals surface area contributed by atoms with E-state index in [9.17, 15) is 9.59 Å². The molecule has 0 aromatic heterocycles. The predicted octanol–water partition coefficient (Wildman–Crippen LogP) is 4.20. The first-order valence-electron chi connectivity index (χ1n) is 8.20. The summed E-state index contributed by atoms with van der Waals surface area (Å²) in [4.78, 5) is 24.2. The normalized spacial score (nSPS) is 32.5. The minimum Gasteiger partial charge on any atom is -0.458 e. The van der Waals surface area contributed by atoms with Crippen LogP contribution in [-0.2, 0) is 14.3 Å². The number of carbonyl (C=O) groups excluding carboxylic acids is 2. The molecule has 0 amide bonds. The Kier molecular flexibility index (Phi) is 4.32. The molecule has 1 saturated carbocycles. The number of unbranched alkanes of at least 4 members (excludes halogenated alkanes) is 1. The maximum atomic E-state index is 12.5. The quantitative estimate of drug-likeness (QED) is 0.544. The Bertz CT molecular complexity index is 463. The largest absolute Gasteiger partial charge is 0.458 e. The van der Waals surface area contributed by atoms with E-state index in [2.05, 4.69) is 6.92 Å². The van der Waals surface area contributed by atoms with Gasteiger partial charge in [0.1, 0.15) is 5.60 Å². The summed E-state index contributed by atoms with van der Waals surface area (Å²) in [6.07, 6.45) is 10.1. The number of rotatable bonds is 6. The first-order chi connectivity index (χ1) is 9.75. The highest BCUT2D eigenvalue weighted by atomic mass is 16.6. The van der Waals surface area contributed by atoms with Crippen molar-refractivity contribution in [2.45, 2.75) is 78.2 Å². The molecule has 1 heterocycles. The molecule has 21 heavy (non-hydrogen) atoms. The van der Waals surface area contributed by atoms with Gasteiger partial charge in [-0.2, -0.15) is 0 Å². The van der Waals surface area contributed by atoms with E-state index in [0.717, 1.165) is 38.5 Å². The van der Waals surface area contributed by atoms with E-state index >= 15 is 0 Å². The van der Waals surface area contributed by atoms with Gasteiger partial charge in [0.15, 0.2) is 5.78 Å². The van der Waals surface area contributed by atoms with Crippen molar-refractivity contribution in [1.29, 1.82) is 0 Å². The fourth-order valence-corrected chi connectivity index (χ4v) is 3.75. The fourth-order valence-electron chi connectivity index (χ4n) is 3.75. The molecule has 0 bridgehead atoms. The van der Waals surface area contributed by atoms with Gasteiger partial charge >= 0.3 is 5.97 Å². The summed E-state index contributed by atoms with van der Waals surface area (Å²) in [5, 5.41) is 0. The summed E-state index contributed by atoms with van der Waals surface area (Å²) in [7, 11) is 0. The summed E-state index contributed by atoms with van der Waals surface area (Å²) in [5.41, 5.74) is -0.989. The smallest absolute Gasteiger partial charge is 0.307 e. The van der Waals surface area contributed by atoms with Crippen LogP contribution in [0.15, 0.2) is 12.2 Å². The van der Waals surface area contributed by atoms with Gasteiger partial charge in [-0.15, -0.1) is 0 Å². The molecule has 1 saturated heterocycles. The number of esters is 1. The highest BCUT2D eigenvalue weighted by Gasteiger charge is 2.59. The van der Waals surface area contributed by atoms with Gasteiger partial charge in [0.05, 0.1) is 6.42 Å². The Morgan fingerprint density at radius 1 is 1.38 bits per heavy atom. The Hall–Kier alpha value is -1.12. The van der Waals surface area contributed by atoms with Crippen LogP contribution in [0.2, 0.25) is 0 Å². The topological polar surface area (TPSA) is 43.4 Å². The molecule has 0 N–H and O–H groups in total. The zero-order valence-electron chi connectivity index (χ0n) is 13.8. The van der Waals surface area contributed by atoms with Crippen molar-refractivity contribution in [3.05, 3.63) is 12.2 Å². The van der Waals surface area contributed by atoms with Crippen LogP contribution in [0.1, 0.15) is 72.6 Å². The lowest BCUT2D eigenvalue weighted by atomic mass is 9.73. The lowest BCUT2D eigenvalue weighted by Crippen LogP contribution is -2.36. The minimum atomic E-state index is -0.408. The van der Waals surface area contributed by atoms with Crippen LogP contribution in [0.25, 0.3) is 0 Å². The second-order valence-corrected chi connectivity index (χ2v) is 7.58. The summed E-state index contributed by atoms with van der Waals surface area (Å²) < 4.78 is 5.56. The maximum absolute atomic E-state index is 12.5. The molecule has 2 fully saturated rings. The number of ketones is 1. The molecule has 1 aliphatic heterocycles. The zero-order valence-corrected chi connectivity index (χ0v) is 13.8. The average Bonchev–Trinajstić information content (AvgIpc) is 2.82. The molecule has 1 aliphatic carbocycles. The number of hydrogen-bond donors (Lipinski definition) is 0. The number of hydrogen-bond acceptors (Lipinski definition) is 3. The van der Waals surface area contributed by atoms with Crippen LogP contribution in [0.3, 0.4) is 0 Å². The lowest BCUT2D eigenvalue weighted by Gasteiger charge is -2.32. The first-order valence-corrected chi connectivity index (χ1v) is 8.20. The van der Waals surface area contributed by atoms with E-state index in [1.54, 1.807) is 6.08 Å². The van der Waals surface area contributed by atoms with Gasteiger partial charge in [-0.25, -0.2) is 0 Å². The van der Waals surface area contributed by atoms with Crippen molar-refractivity contribution in [3.63, 3.8) is 0 Å². The van der Waals surface area contributed by atoms with E-state index < -0.39 is 5.60 Å². The molecule has 0 radical (unpaired) electrons. The van der Waals surface area contributed by atoms with Crippen LogP contribution in [0, 0.1) is 10.8 Å². The van der Waals surface area contributed by atoms with Crippen LogP contribution >= 0.6 is 0 Å². The van der Waals surface area contributed by atoms with Gasteiger partial charge < -0.3 is 4.74 Å². The highest BCUT2D eigenvalue weighted by Crippen LogP contribution is 2.56. The molecule has 0 aromatic carbocycles. The molecule has 3 heteroatoms. The second-order valence-electron chi connectivity index (χ2n) is 7.58. The van der Waals surface area contributed by atoms with Gasteiger partial charge in [0, 0.05) is 10.8 Å². The van der Waals surface area contributed by atoms with E-state index in [1.807, 2.05) is 26.8 Å². The van der Waals surface area contributed by atoms with Gasteiger partial charge in [-0.1, -0.05) is 39.7 Å². The van der Waals surface area contributed by atoms with Crippen molar-refractivity contribution >= 4 is 11.8 Å². The number of fused-ring (bicyclic) bond motifs is 1. The molecule has 3 nitrogen and oxygen atoms in total. The minimum absolute atomic E-state index is 0.125. The predicted molar refractivity (Wildman–Crippen MR) is 82.9 cm³/mol. The Morgan fingerprint density at radius 3 is 2.76 bits per heavy atom. The maximum Gasteiger partial charge on any atom is 0.307 e. The third-order valence-electron chi connectivity index (χ3n) is 5.50. The van der Waals surface area contributed by atoms with Crippen LogP contribution in [0.4, 0.5) is 0 Å². The summed E-state index contributed by atoms with van der Waals surface area (Å²) in [5.74, 6) is 0.0402. The Balaban J connectivity index is 2.13. The van der Waals surface area contributed by atoms with Crippen molar-refractivity contribution in [2.24, 2.45) is 10.8 Å². The van der Waals surface area contributed by atoms with E-state index in [0.29, 0.717) is 6.42 Å². The zero-order chi connectivity index (χ0) is 15.7. The van der Waals surface area contributed by atoms with Crippen molar-refractivity contribution in [1.82, 2.24) is 0 Å². The van der Waals surface area contributed by atoms with Crippen LogP contribution < -0.4 is 0 Å². The lowest BCUT2D eigenvalue weighted by molar-refractivity contribution is -0.148. The monoisotopic (exact) mass is 292 g/mol. The summed E-state index contributed by atoms with van der Waals surface area (Å²) in [6.45, 7) is 8.18. The molecule has 2 atom stereocenters. The molecule has 2 aliphatic rings. The molecule has 0 aromatic rings. The van der Waals surface area contributed by atoms with Crippen molar-refractivity contribution in [2.75, 3.05) is 0 Å². The van der Waals surface area contributed by atoms with Gasteiger partial charge in [-0.3, -0.25) is 9.59 Å². The third kappa shape index (κ3) is 2.93. The Morgan fingerprint density at radius 2 is 2.10 bits per heavy atom. The Labute approximate surface area is 128 Å². The summed E-state index contributed by atoms with van der Waals surface area (Å²) in [6, 6.07) is 0.